The molecule has 226 valence electrons. The van der Waals surface area contributed by atoms with Crippen molar-refractivity contribution in [3.63, 3.8) is 0 Å². The second-order valence-electron chi connectivity index (χ2n) is 11.1. The first-order chi connectivity index (χ1) is 19.0. The van der Waals surface area contributed by atoms with Crippen LogP contribution in [-0.4, -0.2) is 76.9 Å². The van der Waals surface area contributed by atoms with Gasteiger partial charge in [0.1, 0.15) is 11.4 Å². The Morgan fingerprint density at radius 3 is 2.27 bits per heavy atom. The number of benzene rings is 1. The molecule has 0 unspecified atom stereocenters. The number of nitrogens with one attached hydrogen (secondary N) is 3. The normalized spacial score (nSPS) is 19.8. The van der Waals surface area contributed by atoms with E-state index in [4.69, 9.17) is 0 Å². The van der Waals surface area contributed by atoms with Gasteiger partial charge in [-0.1, -0.05) is 34.1 Å². The number of hydrogen-bond acceptors (Lipinski definition) is 7. The lowest BCUT2D eigenvalue weighted by atomic mass is 9.90. The number of amides is 2. The standard InChI is InChI=1S/C28H38F3N7O2.CH4/c1-18(2)16-24(39)34-22-6-4-5-7-23(22)35-25-21(28(29,30)31)17-32-27(36-25)33-20-10-8-19(9-11-20)26(40)38-14-12-37(3)13-15-38;/h8-11,17-18,22-23H,4-7,12-16H2,1-3H3,(H,34,39)(H2,32,33,35,36);1H4/t22-,23+;/m0./s1. The molecule has 0 radical (unpaired) electrons. The first-order valence-electron chi connectivity index (χ1n) is 13.8. The van der Waals surface area contributed by atoms with Crippen molar-refractivity contribution in [2.24, 2.45) is 5.92 Å². The number of alkyl halides is 3. The smallest absolute Gasteiger partial charge is 0.365 e. The summed E-state index contributed by atoms with van der Waals surface area (Å²) in [6, 6.07) is 6.03. The number of hydrogen-bond donors (Lipinski definition) is 3. The largest absolute Gasteiger partial charge is 0.421 e. The van der Waals surface area contributed by atoms with Gasteiger partial charge in [0.2, 0.25) is 11.9 Å². The number of rotatable bonds is 8. The van der Waals surface area contributed by atoms with Gasteiger partial charge in [0, 0.05) is 62.1 Å². The molecular formula is C29H42F3N7O2. The lowest BCUT2D eigenvalue weighted by Gasteiger charge is -2.34. The summed E-state index contributed by atoms with van der Waals surface area (Å²) in [5.74, 6) is -0.322. The van der Waals surface area contributed by atoms with Crippen molar-refractivity contribution in [2.75, 3.05) is 43.9 Å². The molecule has 1 aliphatic heterocycles. The van der Waals surface area contributed by atoms with E-state index in [2.05, 4.69) is 30.8 Å². The van der Waals surface area contributed by atoms with Crippen LogP contribution in [0, 0.1) is 5.92 Å². The molecule has 1 aromatic carbocycles. The van der Waals surface area contributed by atoms with Gasteiger partial charge in [-0.3, -0.25) is 9.59 Å². The molecule has 2 aliphatic rings. The maximum absolute atomic E-state index is 13.9. The van der Waals surface area contributed by atoms with Gasteiger partial charge in [-0.15, -0.1) is 0 Å². The van der Waals surface area contributed by atoms with Gasteiger partial charge < -0.3 is 25.8 Å². The summed E-state index contributed by atoms with van der Waals surface area (Å²) in [5, 5.41) is 8.92. The summed E-state index contributed by atoms with van der Waals surface area (Å²) < 4.78 is 41.6. The molecule has 9 nitrogen and oxygen atoms in total. The Labute approximate surface area is 240 Å². The highest BCUT2D eigenvalue weighted by molar-refractivity contribution is 5.94. The maximum atomic E-state index is 13.9. The van der Waals surface area contributed by atoms with Crippen molar-refractivity contribution in [1.29, 1.82) is 0 Å². The third kappa shape index (κ3) is 8.79. The minimum absolute atomic E-state index is 0. The maximum Gasteiger partial charge on any atom is 0.421 e. The monoisotopic (exact) mass is 577 g/mol. The molecular weight excluding hydrogens is 535 g/mol. The molecule has 0 bridgehead atoms. The van der Waals surface area contributed by atoms with Crippen LogP contribution < -0.4 is 16.0 Å². The molecule has 12 heteroatoms. The molecule has 2 heterocycles. The quantitative estimate of drug-likeness (QED) is 0.399. The number of piperazine rings is 1. The number of anilines is 3. The predicted molar refractivity (Wildman–Crippen MR) is 154 cm³/mol. The average Bonchev–Trinajstić information content (AvgIpc) is 2.89. The Hall–Kier alpha value is -3.41. The van der Waals surface area contributed by atoms with Crippen LogP contribution in [0.25, 0.3) is 0 Å². The Bertz CT molecular complexity index is 1170. The summed E-state index contributed by atoms with van der Waals surface area (Å²) in [4.78, 5) is 37.3. The highest BCUT2D eigenvalue weighted by Gasteiger charge is 2.37. The molecule has 2 fully saturated rings. The van der Waals surface area contributed by atoms with Crippen LogP contribution >= 0.6 is 0 Å². The zero-order valence-corrected chi connectivity index (χ0v) is 23.2. The zero-order valence-electron chi connectivity index (χ0n) is 23.2. The second kappa shape index (κ2) is 14.0. The number of carbonyl (C=O) groups excluding carboxylic acids is 2. The van der Waals surface area contributed by atoms with E-state index in [1.807, 2.05) is 25.8 Å². The van der Waals surface area contributed by atoms with Crippen LogP contribution in [0.15, 0.2) is 30.5 Å². The lowest BCUT2D eigenvalue weighted by Crippen LogP contribution is -2.49. The highest BCUT2D eigenvalue weighted by atomic mass is 19.4. The van der Waals surface area contributed by atoms with Crippen LogP contribution in [0.4, 0.5) is 30.6 Å². The molecule has 1 saturated heterocycles. The zero-order chi connectivity index (χ0) is 28.9. The van der Waals surface area contributed by atoms with Crippen molar-refractivity contribution in [3.05, 3.63) is 41.6 Å². The SMILES string of the molecule is C.CC(C)CC(=O)N[C@H]1CCCC[C@H]1Nc1nc(Nc2ccc(C(=O)N3CCN(C)CC3)cc2)ncc1C(F)(F)F. The molecule has 1 saturated carbocycles. The third-order valence-corrected chi connectivity index (χ3v) is 7.30. The van der Waals surface area contributed by atoms with Gasteiger partial charge in [0.15, 0.2) is 0 Å². The summed E-state index contributed by atoms with van der Waals surface area (Å²) in [7, 11) is 2.02. The fourth-order valence-electron chi connectivity index (χ4n) is 5.07. The molecule has 2 amide bonds. The van der Waals surface area contributed by atoms with Crippen LogP contribution in [0.2, 0.25) is 0 Å². The minimum atomic E-state index is -4.66. The van der Waals surface area contributed by atoms with Gasteiger partial charge in [-0.2, -0.15) is 18.2 Å². The first kappa shape index (κ1) is 32.1. The summed E-state index contributed by atoms with van der Waals surface area (Å²) >= 11 is 0. The average molecular weight is 578 g/mol. The summed E-state index contributed by atoms with van der Waals surface area (Å²) in [6.45, 7) is 6.85. The van der Waals surface area contributed by atoms with E-state index in [0.717, 1.165) is 32.1 Å². The molecule has 4 rings (SSSR count). The molecule has 3 N–H and O–H groups in total. The van der Waals surface area contributed by atoms with E-state index in [1.165, 1.54) is 0 Å². The summed E-state index contributed by atoms with van der Waals surface area (Å²) in [5.41, 5.74) is 0.106. The fourth-order valence-corrected chi connectivity index (χ4v) is 5.07. The fraction of sp³-hybridized carbons (Fsp3) is 0.586. The van der Waals surface area contributed by atoms with E-state index in [9.17, 15) is 22.8 Å². The molecule has 41 heavy (non-hydrogen) atoms. The summed E-state index contributed by atoms with van der Waals surface area (Å²) in [6.07, 6.45) is -0.517. The van der Waals surface area contributed by atoms with Crippen LogP contribution in [-0.2, 0) is 11.0 Å². The Morgan fingerprint density at radius 2 is 1.66 bits per heavy atom. The number of nitrogens with zero attached hydrogens (tertiary/aromatic N) is 4. The van der Waals surface area contributed by atoms with E-state index in [0.29, 0.717) is 43.6 Å². The van der Waals surface area contributed by atoms with Crippen molar-refractivity contribution >= 4 is 29.3 Å². The molecule has 2 atom stereocenters. The Kier molecular flexibility index (Phi) is 10.9. The van der Waals surface area contributed by atoms with E-state index < -0.39 is 17.8 Å². The molecule has 1 aliphatic carbocycles. The van der Waals surface area contributed by atoms with Crippen molar-refractivity contribution in [2.45, 2.75) is 71.6 Å². The van der Waals surface area contributed by atoms with Gasteiger partial charge in [0.25, 0.3) is 5.91 Å². The molecule has 0 spiro atoms. The van der Waals surface area contributed by atoms with Crippen molar-refractivity contribution in [1.82, 2.24) is 25.1 Å². The van der Waals surface area contributed by atoms with Gasteiger partial charge >= 0.3 is 6.18 Å². The Balaban J connectivity index is 0.00000462. The van der Waals surface area contributed by atoms with Gasteiger partial charge in [-0.05, 0) is 50.1 Å². The number of aromatic nitrogens is 2. The number of likely N-dealkylation sites (N-methyl/N-ethyl adjacent to an activating group) is 1. The Morgan fingerprint density at radius 1 is 1.02 bits per heavy atom. The van der Waals surface area contributed by atoms with Crippen LogP contribution in [0.1, 0.15) is 69.3 Å². The van der Waals surface area contributed by atoms with Gasteiger partial charge in [0.05, 0.1) is 0 Å². The van der Waals surface area contributed by atoms with Gasteiger partial charge in [-0.25, -0.2) is 4.98 Å². The lowest BCUT2D eigenvalue weighted by molar-refractivity contribution is -0.137. The van der Waals surface area contributed by atoms with Crippen molar-refractivity contribution in [3.8, 4) is 0 Å². The van der Waals surface area contributed by atoms with Crippen molar-refractivity contribution < 1.29 is 22.8 Å². The van der Waals surface area contributed by atoms with Crippen LogP contribution in [0.3, 0.4) is 0 Å². The minimum Gasteiger partial charge on any atom is -0.365 e. The molecule has 2 aromatic rings. The highest BCUT2D eigenvalue weighted by Crippen LogP contribution is 2.35. The van der Waals surface area contributed by atoms with Crippen LogP contribution in [0.5, 0.6) is 0 Å². The predicted octanol–water partition coefficient (Wildman–Crippen LogP) is 5.15. The first-order valence-corrected chi connectivity index (χ1v) is 13.8. The number of carbonyl (C=O) groups is 2. The second-order valence-corrected chi connectivity index (χ2v) is 11.1. The van der Waals surface area contributed by atoms with E-state index >= 15 is 0 Å². The third-order valence-electron chi connectivity index (χ3n) is 7.30. The number of halogens is 3. The van der Waals surface area contributed by atoms with E-state index in [1.54, 1.807) is 24.3 Å². The molecule has 1 aromatic heterocycles. The van der Waals surface area contributed by atoms with E-state index in [-0.39, 0.29) is 43.0 Å². The topological polar surface area (TPSA) is 102 Å².